The Morgan fingerprint density at radius 1 is 1.25 bits per heavy atom. The van der Waals surface area contributed by atoms with E-state index < -0.39 is 20.0 Å². The van der Waals surface area contributed by atoms with Gasteiger partial charge in [-0.2, -0.15) is 8.42 Å². The van der Waals surface area contributed by atoms with Gasteiger partial charge in [-0.15, -0.1) is 15.7 Å². The number of amidine groups is 1. The van der Waals surface area contributed by atoms with Crippen molar-refractivity contribution in [2.45, 2.75) is 62.4 Å². The number of amides is 1. The maximum atomic E-state index is 13.8. The molecule has 5 aliphatic rings. The highest BCUT2D eigenvalue weighted by molar-refractivity contribution is 7.91. The van der Waals surface area contributed by atoms with Gasteiger partial charge in [0.15, 0.2) is 5.84 Å². The summed E-state index contributed by atoms with van der Waals surface area (Å²) < 4.78 is 55.7. The van der Waals surface area contributed by atoms with E-state index in [-0.39, 0.29) is 63.0 Å². The van der Waals surface area contributed by atoms with Crippen molar-refractivity contribution in [3.05, 3.63) is 22.3 Å². The largest absolute Gasteiger partial charge is 0.511 e. The summed E-state index contributed by atoms with van der Waals surface area (Å²) in [5.74, 6) is 0.525. The van der Waals surface area contributed by atoms with Crippen LogP contribution in [0.25, 0.3) is 0 Å². The fourth-order valence-electron chi connectivity index (χ4n) is 6.71. The van der Waals surface area contributed by atoms with Crippen LogP contribution in [-0.2, 0) is 31.4 Å². The van der Waals surface area contributed by atoms with E-state index in [0.29, 0.717) is 18.4 Å². The second-order valence-corrected chi connectivity index (χ2v) is 15.0. The molecule has 3 saturated carbocycles. The van der Waals surface area contributed by atoms with Gasteiger partial charge < -0.3 is 15.3 Å². The quantitative estimate of drug-likeness (QED) is 0.470. The monoisotopic (exact) mass is 554 g/mol. The van der Waals surface area contributed by atoms with Crippen molar-refractivity contribution in [1.29, 1.82) is 0 Å². The summed E-state index contributed by atoms with van der Waals surface area (Å²) in [5, 5.41) is 16.2. The van der Waals surface area contributed by atoms with Crippen molar-refractivity contribution in [3.63, 3.8) is 0 Å². The molecule has 2 aliphatic heterocycles. The van der Waals surface area contributed by atoms with Gasteiger partial charge in [0.25, 0.3) is 15.9 Å². The molecule has 4 atom stereocenters. The minimum Gasteiger partial charge on any atom is -0.511 e. The van der Waals surface area contributed by atoms with Crippen molar-refractivity contribution in [2.24, 2.45) is 28.1 Å². The van der Waals surface area contributed by atoms with Crippen LogP contribution in [0.5, 0.6) is 0 Å². The lowest BCUT2D eigenvalue weighted by Crippen LogP contribution is -2.54. The van der Waals surface area contributed by atoms with Crippen LogP contribution in [0.2, 0.25) is 0 Å². The zero-order valence-electron chi connectivity index (χ0n) is 19.9. The summed E-state index contributed by atoms with van der Waals surface area (Å²) in [6.07, 6.45) is 8.54. The highest BCUT2D eigenvalue weighted by atomic mass is 32.2. The summed E-state index contributed by atoms with van der Waals surface area (Å²) in [5.41, 5.74) is 0.232. The van der Waals surface area contributed by atoms with Gasteiger partial charge >= 0.3 is 0 Å². The van der Waals surface area contributed by atoms with Gasteiger partial charge in [-0.3, -0.25) is 4.79 Å². The molecule has 0 spiro atoms. The third-order valence-corrected chi connectivity index (χ3v) is 11.7. The van der Waals surface area contributed by atoms with E-state index in [9.17, 15) is 26.7 Å². The normalized spacial score (nSPS) is 31.1. The molecule has 0 aromatic carbocycles. The van der Waals surface area contributed by atoms with Crippen LogP contribution >= 0.6 is 11.3 Å². The number of sulfonamides is 2. The van der Waals surface area contributed by atoms with Crippen LogP contribution in [0.4, 0.5) is 5.00 Å². The molecule has 0 radical (unpaired) electrons. The van der Waals surface area contributed by atoms with Gasteiger partial charge in [-0.25, -0.2) is 13.1 Å². The predicted molar refractivity (Wildman–Crippen MR) is 136 cm³/mol. The molecule has 13 heteroatoms. The van der Waals surface area contributed by atoms with Crippen LogP contribution in [-0.4, -0.2) is 57.4 Å². The molecule has 0 unspecified atom stereocenters. The topological polar surface area (TPSA) is 145 Å². The molecule has 1 aromatic rings. The SMILES string of the molecule is CS(=O)(=O)NCc1csc2c1S(=O)(=O)N=C(C1=C(O)[C@@H]3[C@H]4CC[C@H](C4)[C@@H]3N(CCC3CCC3)C1=O)N2. The Balaban J connectivity index is 1.35. The zero-order chi connectivity index (χ0) is 25.4. The predicted octanol–water partition coefficient (Wildman–Crippen LogP) is 2.57. The number of hydrogen-bond acceptors (Lipinski definition) is 8. The first-order valence-corrected chi connectivity index (χ1v) is 16.7. The number of fused-ring (bicyclic) bond motifs is 6. The molecule has 196 valence electrons. The maximum absolute atomic E-state index is 13.8. The number of rotatable bonds is 7. The highest BCUT2D eigenvalue weighted by Gasteiger charge is 2.57. The van der Waals surface area contributed by atoms with E-state index in [0.717, 1.165) is 43.3 Å². The molecular weight excluding hydrogens is 524 g/mol. The maximum Gasteiger partial charge on any atom is 0.287 e. The Labute approximate surface area is 215 Å². The van der Waals surface area contributed by atoms with Crippen molar-refractivity contribution >= 4 is 48.1 Å². The van der Waals surface area contributed by atoms with Crippen molar-refractivity contribution in [2.75, 3.05) is 18.1 Å². The number of hydrogen-bond donors (Lipinski definition) is 3. The number of aliphatic hydroxyl groups excluding tert-OH is 1. The Morgan fingerprint density at radius 3 is 2.69 bits per heavy atom. The summed E-state index contributed by atoms with van der Waals surface area (Å²) in [6, 6.07) is -0.0353. The summed E-state index contributed by atoms with van der Waals surface area (Å²) in [7, 11) is -7.75. The zero-order valence-corrected chi connectivity index (χ0v) is 22.4. The van der Waals surface area contributed by atoms with E-state index in [1.807, 2.05) is 4.90 Å². The molecule has 0 saturated heterocycles. The molecule has 1 aromatic heterocycles. The van der Waals surface area contributed by atoms with E-state index in [4.69, 9.17) is 0 Å². The second-order valence-electron chi connectivity index (χ2n) is 10.7. The van der Waals surface area contributed by atoms with Crippen LogP contribution in [0, 0.1) is 23.7 Å². The molecule has 6 rings (SSSR count). The number of carbonyl (C=O) groups excluding carboxylic acids is 1. The first-order valence-electron chi connectivity index (χ1n) is 12.4. The third kappa shape index (κ3) is 3.98. The van der Waals surface area contributed by atoms with Crippen LogP contribution in [0.15, 0.2) is 26.0 Å². The molecule has 36 heavy (non-hydrogen) atoms. The van der Waals surface area contributed by atoms with Crippen LogP contribution in [0.3, 0.4) is 0 Å². The summed E-state index contributed by atoms with van der Waals surface area (Å²) >= 11 is 1.10. The Morgan fingerprint density at radius 2 is 2.00 bits per heavy atom. The van der Waals surface area contributed by atoms with Crippen molar-refractivity contribution in [3.8, 4) is 0 Å². The molecule has 10 nitrogen and oxygen atoms in total. The Hall–Kier alpha value is -1.96. The van der Waals surface area contributed by atoms with Gasteiger partial charge in [0.05, 0.1) is 6.26 Å². The average molecular weight is 555 g/mol. The number of thiophene rings is 1. The summed E-state index contributed by atoms with van der Waals surface area (Å²) in [4.78, 5) is 15.6. The van der Waals surface area contributed by atoms with Gasteiger partial charge in [-0.1, -0.05) is 19.3 Å². The lowest BCUT2D eigenvalue weighted by molar-refractivity contribution is -0.133. The Bertz CT molecular complexity index is 1390. The van der Waals surface area contributed by atoms with Gasteiger partial charge in [0, 0.05) is 30.6 Å². The van der Waals surface area contributed by atoms with Crippen LogP contribution < -0.4 is 10.0 Å². The minimum absolute atomic E-state index is 0.0353. The van der Waals surface area contributed by atoms with Gasteiger partial charge in [0.2, 0.25) is 10.0 Å². The lowest BCUT2D eigenvalue weighted by Gasteiger charge is -2.44. The molecule has 3 N–H and O–H groups in total. The minimum atomic E-state index is -4.23. The fourth-order valence-corrected chi connectivity index (χ4v) is 9.74. The molecule has 3 fully saturated rings. The number of carbonyl (C=O) groups is 1. The number of aliphatic hydroxyl groups is 1. The fraction of sp³-hybridized carbons (Fsp3) is 0.652. The molecule has 1 amide bonds. The molecule has 3 heterocycles. The first-order chi connectivity index (χ1) is 17.0. The van der Waals surface area contributed by atoms with Gasteiger partial charge in [0.1, 0.15) is 21.2 Å². The number of nitrogens with one attached hydrogen (secondary N) is 2. The molecular formula is C23H30N4O6S3. The van der Waals surface area contributed by atoms with E-state index >= 15 is 0 Å². The number of anilines is 1. The summed E-state index contributed by atoms with van der Waals surface area (Å²) in [6.45, 7) is 0.418. The Kier molecular flexibility index (Phi) is 5.78. The number of nitrogens with zero attached hydrogens (tertiary/aromatic N) is 2. The smallest absolute Gasteiger partial charge is 0.287 e. The standard InChI is InChI=1S/C23H30N4O6S3/c1-35(30,31)24-10-15-11-34-22-20(15)36(32,33)26-21(25-22)17-19(28)16-13-5-6-14(9-13)18(16)27(23(17)29)8-7-12-3-2-4-12/h11-14,16,18,24,28H,2-10H2,1H3,(H,25,26)/t13-,14+,16+,18-/m0/s1. The van der Waals surface area contributed by atoms with Crippen molar-refractivity contribution in [1.82, 2.24) is 9.62 Å². The van der Waals surface area contributed by atoms with Crippen molar-refractivity contribution < 1.29 is 26.7 Å². The van der Waals surface area contributed by atoms with E-state index in [2.05, 4.69) is 14.4 Å². The van der Waals surface area contributed by atoms with E-state index in [1.165, 1.54) is 19.3 Å². The second kappa shape index (κ2) is 8.53. The molecule has 3 aliphatic carbocycles. The van der Waals surface area contributed by atoms with E-state index in [1.54, 1.807) is 5.38 Å². The highest BCUT2D eigenvalue weighted by Crippen LogP contribution is 2.55. The average Bonchev–Trinajstić information content (AvgIpc) is 3.47. The molecule has 2 bridgehead atoms. The lowest BCUT2D eigenvalue weighted by atomic mass is 9.77. The van der Waals surface area contributed by atoms with Gasteiger partial charge in [-0.05, 0) is 48.8 Å². The van der Waals surface area contributed by atoms with Crippen LogP contribution in [0.1, 0.15) is 50.5 Å². The third-order valence-electron chi connectivity index (χ3n) is 8.56. The first kappa shape index (κ1) is 24.4.